The van der Waals surface area contributed by atoms with E-state index in [1.165, 1.54) is 12.1 Å². The first-order chi connectivity index (χ1) is 9.43. The van der Waals surface area contributed by atoms with E-state index in [1.807, 2.05) is 0 Å². The molecule has 1 rings (SSSR count). The van der Waals surface area contributed by atoms with E-state index in [4.69, 9.17) is 11.6 Å². The molecule has 0 aromatic heterocycles. The molecule has 0 atom stereocenters. The number of rotatable bonds is 5. The number of hydrogen-bond donors (Lipinski definition) is 2. The first kappa shape index (κ1) is 15.7. The molecule has 8 nitrogen and oxygen atoms in total. The zero-order valence-corrected chi connectivity index (χ0v) is 11.3. The van der Waals surface area contributed by atoms with Gasteiger partial charge in [0.05, 0.1) is 11.5 Å². The molecule has 0 heterocycles. The highest BCUT2D eigenvalue weighted by Crippen LogP contribution is 2.27. The number of nitrogens with zero attached hydrogens (tertiary/aromatic N) is 1. The van der Waals surface area contributed by atoms with Crippen LogP contribution in [0.3, 0.4) is 0 Å². The highest BCUT2D eigenvalue weighted by molar-refractivity contribution is 6.32. The van der Waals surface area contributed by atoms with Gasteiger partial charge >= 0.3 is 12.0 Å². The Morgan fingerprint density at radius 1 is 1.45 bits per heavy atom. The van der Waals surface area contributed by atoms with E-state index in [0.29, 0.717) is 0 Å². The third-order valence-corrected chi connectivity index (χ3v) is 2.42. The Balaban J connectivity index is 2.60. The van der Waals surface area contributed by atoms with Gasteiger partial charge in [0.1, 0.15) is 11.6 Å². The summed E-state index contributed by atoms with van der Waals surface area (Å²) in [5.74, 6) is -0.579. The number of amides is 2. The Morgan fingerprint density at radius 2 is 2.15 bits per heavy atom. The maximum absolute atomic E-state index is 11.5. The van der Waals surface area contributed by atoms with E-state index in [2.05, 4.69) is 15.4 Å². The number of halogens is 1. The number of ether oxygens (including phenoxy) is 1. The van der Waals surface area contributed by atoms with Gasteiger partial charge in [0, 0.05) is 11.8 Å². The number of urea groups is 1. The predicted molar refractivity (Wildman–Crippen MR) is 71.8 cm³/mol. The third kappa shape index (κ3) is 4.73. The Hall–Kier alpha value is -2.35. The molecule has 0 aliphatic carbocycles. The van der Waals surface area contributed by atoms with Gasteiger partial charge in [-0.1, -0.05) is 11.6 Å². The molecule has 20 heavy (non-hydrogen) atoms. The van der Waals surface area contributed by atoms with Crippen molar-refractivity contribution >= 4 is 35.0 Å². The fraction of sp³-hybridized carbons (Fsp3) is 0.273. The quantitative estimate of drug-likeness (QED) is 0.490. The lowest BCUT2D eigenvalue weighted by molar-refractivity contribution is -0.384. The number of nitrogens with one attached hydrogen (secondary N) is 2. The SMILES string of the molecule is CCOC(=O)CNC(=O)Nc1ccc(Cl)c([N+](=O)[O-])c1. The summed E-state index contributed by atoms with van der Waals surface area (Å²) in [5.41, 5.74) is -0.141. The smallest absolute Gasteiger partial charge is 0.325 e. The number of nitro groups is 1. The van der Waals surface area contributed by atoms with Crippen LogP contribution in [0, 0.1) is 10.1 Å². The van der Waals surface area contributed by atoms with Crippen molar-refractivity contribution in [3.05, 3.63) is 33.3 Å². The molecule has 0 bridgehead atoms. The number of anilines is 1. The monoisotopic (exact) mass is 301 g/mol. The minimum atomic E-state index is -0.685. The molecule has 2 amide bonds. The molecule has 0 radical (unpaired) electrons. The molecule has 1 aromatic rings. The number of esters is 1. The van der Waals surface area contributed by atoms with Crippen LogP contribution >= 0.6 is 11.6 Å². The van der Waals surface area contributed by atoms with E-state index in [-0.39, 0.29) is 29.5 Å². The Kier molecular flexibility index (Phi) is 5.73. The van der Waals surface area contributed by atoms with Gasteiger partial charge in [-0.2, -0.15) is 0 Å². The van der Waals surface area contributed by atoms with Crippen LogP contribution in [0.15, 0.2) is 18.2 Å². The van der Waals surface area contributed by atoms with Crippen LogP contribution in [0.5, 0.6) is 0 Å². The lowest BCUT2D eigenvalue weighted by atomic mass is 10.3. The molecule has 0 aliphatic heterocycles. The summed E-state index contributed by atoms with van der Waals surface area (Å²) in [7, 11) is 0. The Labute approximate surface area is 119 Å². The van der Waals surface area contributed by atoms with E-state index >= 15 is 0 Å². The summed E-state index contributed by atoms with van der Waals surface area (Å²) < 4.78 is 4.62. The number of hydrogen-bond acceptors (Lipinski definition) is 5. The number of carbonyl (C=O) groups excluding carboxylic acids is 2. The van der Waals surface area contributed by atoms with Gasteiger partial charge in [-0.05, 0) is 19.1 Å². The second-order valence-corrected chi connectivity index (χ2v) is 3.94. The molecule has 0 saturated heterocycles. The van der Waals surface area contributed by atoms with Crippen LogP contribution in [0.2, 0.25) is 5.02 Å². The van der Waals surface area contributed by atoms with Gasteiger partial charge in [0.15, 0.2) is 0 Å². The minimum Gasteiger partial charge on any atom is -0.465 e. The zero-order chi connectivity index (χ0) is 15.1. The molecule has 0 aliphatic rings. The van der Waals surface area contributed by atoms with Crippen molar-refractivity contribution in [3.8, 4) is 0 Å². The van der Waals surface area contributed by atoms with Gasteiger partial charge < -0.3 is 15.4 Å². The summed E-state index contributed by atoms with van der Waals surface area (Å²) in [6.45, 7) is 1.56. The van der Waals surface area contributed by atoms with Crippen LogP contribution in [0.4, 0.5) is 16.2 Å². The van der Waals surface area contributed by atoms with Crippen molar-refractivity contribution in [2.24, 2.45) is 0 Å². The van der Waals surface area contributed by atoms with Crippen LogP contribution in [0.25, 0.3) is 0 Å². The van der Waals surface area contributed by atoms with E-state index in [1.54, 1.807) is 6.92 Å². The lowest BCUT2D eigenvalue weighted by Crippen LogP contribution is -2.34. The lowest BCUT2D eigenvalue weighted by Gasteiger charge is -2.07. The highest BCUT2D eigenvalue weighted by atomic mass is 35.5. The first-order valence-electron chi connectivity index (χ1n) is 5.58. The van der Waals surface area contributed by atoms with Gasteiger partial charge in [0.2, 0.25) is 0 Å². The number of carbonyl (C=O) groups is 2. The second kappa shape index (κ2) is 7.29. The van der Waals surface area contributed by atoms with Crippen molar-refractivity contribution < 1.29 is 19.2 Å². The fourth-order valence-corrected chi connectivity index (χ4v) is 1.46. The van der Waals surface area contributed by atoms with Crippen LogP contribution in [-0.2, 0) is 9.53 Å². The molecule has 0 unspecified atom stereocenters. The van der Waals surface area contributed by atoms with Crippen molar-refractivity contribution in [2.75, 3.05) is 18.5 Å². The molecular formula is C11H12ClN3O5. The summed E-state index contributed by atoms with van der Waals surface area (Å²) in [6, 6.07) is 3.13. The van der Waals surface area contributed by atoms with Crippen LogP contribution in [-0.4, -0.2) is 30.1 Å². The van der Waals surface area contributed by atoms with E-state index in [0.717, 1.165) is 6.07 Å². The normalized spacial score (nSPS) is 9.70. The average molecular weight is 302 g/mol. The van der Waals surface area contributed by atoms with Crippen molar-refractivity contribution in [1.29, 1.82) is 0 Å². The number of benzene rings is 1. The molecule has 108 valence electrons. The standard InChI is InChI=1S/C11H12ClN3O5/c1-2-20-10(16)6-13-11(17)14-7-3-4-8(12)9(5-7)15(18)19/h3-5H,2,6H2,1H3,(H2,13,14,17). The van der Waals surface area contributed by atoms with Gasteiger partial charge in [-0.15, -0.1) is 0 Å². The summed E-state index contributed by atoms with van der Waals surface area (Å²) >= 11 is 5.63. The van der Waals surface area contributed by atoms with Gasteiger partial charge in [0.25, 0.3) is 5.69 Å². The zero-order valence-electron chi connectivity index (χ0n) is 10.5. The molecule has 2 N–H and O–H groups in total. The van der Waals surface area contributed by atoms with Gasteiger partial charge in [-0.25, -0.2) is 4.79 Å². The average Bonchev–Trinajstić information content (AvgIpc) is 2.39. The molecule has 9 heteroatoms. The second-order valence-electron chi connectivity index (χ2n) is 3.54. The van der Waals surface area contributed by atoms with Gasteiger partial charge in [-0.3, -0.25) is 14.9 Å². The highest BCUT2D eigenvalue weighted by Gasteiger charge is 2.14. The predicted octanol–water partition coefficient (Wildman–Crippen LogP) is 1.93. The maximum atomic E-state index is 11.5. The molecule has 0 saturated carbocycles. The van der Waals surface area contributed by atoms with Crippen LogP contribution < -0.4 is 10.6 Å². The molecule has 0 spiro atoms. The fourth-order valence-electron chi connectivity index (χ4n) is 1.27. The summed E-state index contributed by atoms with van der Waals surface area (Å²) in [4.78, 5) is 32.5. The third-order valence-electron chi connectivity index (χ3n) is 2.10. The van der Waals surface area contributed by atoms with Crippen molar-refractivity contribution in [1.82, 2.24) is 5.32 Å². The first-order valence-corrected chi connectivity index (χ1v) is 5.96. The van der Waals surface area contributed by atoms with Crippen LogP contribution in [0.1, 0.15) is 6.92 Å². The molecular weight excluding hydrogens is 290 g/mol. The largest absolute Gasteiger partial charge is 0.465 e. The summed E-state index contributed by atoms with van der Waals surface area (Å²) in [6.07, 6.45) is 0. The molecule has 0 fully saturated rings. The number of nitro benzene ring substituents is 1. The minimum absolute atomic E-state index is 0.0347. The summed E-state index contributed by atoms with van der Waals surface area (Å²) in [5, 5.41) is 15.2. The van der Waals surface area contributed by atoms with E-state index in [9.17, 15) is 19.7 Å². The maximum Gasteiger partial charge on any atom is 0.325 e. The van der Waals surface area contributed by atoms with Crippen molar-refractivity contribution in [3.63, 3.8) is 0 Å². The van der Waals surface area contributed by atoms with Crippen molar-refractivity contribution in [2.45, 2.75) is 6.92 Å². The topological polar surface area (TPSA) is 111 Å². The Bertz CT molecular complexity index is 535. The van der Waals surface area contributed by atoms with E-state index < -0.39 is 16.9 Å². The Morgan fingerprint density at radius 3 is 2.75 bits per heavy atom. The molecule has 1 aromatic carbocycles.